The van der Waals surface area contributed by atoms with Crippen molar-refractivity contribution >= 4 is 21.7 Å². The van der Waals surface area contributed by atoms with E-state index in [1.165, 1.54) is 0 Å². The first-order valence-corrected chi connectivity index (χ1v) is 5.60. The lowest BCUT2D eigenvalue weighted by molar-refractivity contribution is 0.0952. The van der Waals surface area contributed by atoms with Crippen molar-refractivity contribution in [1.82, 2.24) is 5.32 Å². The number of halogens is 1. The summed E-state index contributed by atoms with van der Waals surface area (Å²) in [5.74, 6) is 0.218. The van der Waals surface area contributed by atoms with Gasteiger partial charge in [-0.2, -0.15) is 0 Å². The highest BCUT2D eigenvalue weighted by Crippen LogP contribution is 2.15. The number of hydrogen-bond acceptors (Lipinski definition) is 2. The van der Waals surface area contributed by atoms with E-state index >= 15 is 0 Å². The van der Waals surface area contributed by atoms with Gasteiger partial charge < -0.3 is 5.32 Å². The van der Waals surface area contributed by atoms with E-state index < -0.39 is 0 Å². The SMILES string of the molecule is O=C(c1ccc(Br)cc1)[C@H]1CCCN1. The number of Topliss-reactive ketones (excluding diaryl/α,β-unsaturated/α-hetero) is 1. The van der Waals surface area contributed by atoms with Gasteiger partial charge in [-0.25, -0.2) is 0 Å². The molecule has 0 bridgehead atoms. The molecule has 1 aliphatic heterocycles. The number of ketones is 1. The minimum Gasteiger partial charge on any atom is -0.307 e. The standard InChI is InChI=1S/C11H12BrNO/c12-9-5-3-8(4-6-9)11(14)10-2-1-7-13-10/h3-6,10,13H,1-2,7H2/t10-/m1/s1. The van der Waals surface area contributed by atoms with Gasteiger partial charge in [0.05, 0.1) is 6.04 Å². The van der Waals surface area contributed by atoms with E-state index in [1.807, 2.05) is 24.3 Å². The van der Waals surface area contributed by atoms with Gasteiger partial charge in [0.15, 0.2) is 5.78 Å². The fraction of sp³-hybridized carbons (Fsp3) is 0.364. The normalized spacial score (nSPS) is 21.1. The molecule has 2 rings (SSSR count). The van der Waals surface area contributed by atoms with Gasteiger partial charge in [-0.3, -0.25) is 4.79 Å². The van der Waals surface area contributed by atoms with Crippen molar-refractivity contribution in [2.45, 2.75) is 18.9 Å². The lowest BCUT2D eigenvalue weighted by Crippen LogP contribution is -2.30. The zero-order valence-electron chi connectivity index (χ0n) is 7.79. The Kier molecular flexibility index (Phi) is 2.99. The Morgan fingerprint density at radius 1 is 1.36 bits per heavy atom. The van der Waals surface area contributed by atoms with Gasteiger partial charge in [-0.1, -0.05) is 28.1 Å². The maximum absolute atomic E-state index is 11.9. The van der Waals surface area contributed by atoms with E-state index in [0.29, 0.717) is 0 Å². The number of carbonyl (C=O) groups excluding carboxylic acids is 1. The van der Waals surface area contributed by atoms with E-state index in [2.05, 4.69) is 21.2 Å². The number of rotatable bonds is 2. The van der Waals surface area contributed by atoms with Crippen molar-refractivity contribution in [2.75, 3.05) is 6.54 Å². The third kappa shape index (κ3) is 2.04. The van der Waals surface area contributed by atoms with Crippen LogP contribution in [0.2, 0.25) is 0 Å². The predicted octanol–water partition coefficient (Wildman–Crippen LogP) is 2.38. The van der Waals surface area contributed by atoms with Crippen LogP contribution in [-0.2, 0) is 0 Å². The van der Waals surface area contributed by atoms with Crippen LogP contribution >= 0.6 is 15.9 Å². The minimum atomic E-state index is 0.0381. The second kappa shape index (κ2) is 4.24. The topological polar surface area (TPSA) is 29.1 Å². The number of nitrogens with one attached hydrogen (secondary N) is 1. The Morgan fingerprint density at radius 3 is 2.64 bits per heavy atom. The molecule has 74 valence electrons. The third-order valence-electron chi connectivity index (χ3n) is 2.51. The minimum absolute atomic E-state index is 0.0381. The molecule has 1 atom stereocenters. The highest BCUT2D eigenvalue weighted by Gasteiger charge is 2.22. The van der Waals surface area contributed by atoms with Crippen LogP contribution < -0.4 is 5.32 Å². The Labute approximate surface area is 91.8 Å². The first-order valence-electron chi connectivity index (χ1n) is 4.80. The summed E-state index contributed by atoms with van der Waals surface area (Å²) in [6, 6.07) is 7.58. The van der Waals surface area contributed by atoms with E-state index in [4.69, 9.17) is 0 Å². The molecule has 1 N–H and O–H groups in total. The highest BCUT2D eigenvalue weighted by atomic mass is 79.9. The average molecular weight is 254 g/mol. The van der Waals surface area contributed by atoms with Gasteiger partial charge in [0.2, 0.25) is 0 Å². The molecular weight excluding hydrogens is 242 g/mol. The summed E-state index contributed by atoms with van der Waals surface area (Å²) < 4.78 is 1.01. The monoisotopic (exact) mass is 253 g/mol. The molecule has 3 heteroatoms. The summed E-state index contributed by atoms with van der Waals surface area (Å²) in [7, 11) is 0. The molecule has 0 amide bonds. The summed E-state index contributed by atoms with van der Waals surface area (Å²) in [6.07, 6.45) is 2.07. The van der Waals surface area contributed by atoms with Gasteiger partial charge in [-0.15, -0.1) is 0 Å². The molecule has 0 unspecified atom stereocenters. The van der Waals surface area contributed by atoms with Gasteiger partial charge >= 0.3 is 0 Å². The molecule has 1 aromatic rings. The predicted molar refractivity (Wildman–Crippen MR) is 59.5 cm³/mol. The molecule has 0 spiro atoms. The number of hydrogen-bond donors (Lipinski definition) is 1. The quantitative estimate of drug-likeness (QED) is 0.821. The van der Waals surface area contributed by atoms with Gasteiger partial charge in [-0.05, 0) is 31.5 Å². The lowest BCUT2D eigenvalue weighted by Gasteiger charge is -2.08. The number of benzene rings is 1. The largest absolute Gasteiger partial charge is 0.307 e. The summed E-state index contributed by atoms with van der Waals surface area (Å²) in [5.41, 5.74) is 0.799. The molecule has 2 nitrogen and oxygen atoms in total. The molecule has 1 fully saturated rings. The summed E-state index contributed by atoms with van der Waals surface area (Å²) >= 11 is 3.35. The Bertz CT molecular complexity index is 328. The van der Waals surface area contributed by atoms with E-state index in [-0.39, 0.29) is 11.8 Å². The molecule has 14 heavy (non-hydrogen) atoms. The zero-order valence-corrected chi connectivity index (χ0v) is 9.38. The number of carbonyl (C=O) groups is 1. The second-order valence-corrected chi connectivity index (χ2v) is 4.44. The smallest absolute Gasteiger partial charge is 0.179 e. The van der Waals surface area contributed by atoms with Gasteiger partial charge in [0.1, 0.15) is 0 Å². The zero-order chi connectivity index (χ0) is 9.97. The summed E-state index contributed by atoms with van der Waals surface area (Å²) in [4.78, 5) is 11.9. The molecule has 0 aliphatic carbocycles. The maximum atomic E-state index is 11.9. The van der Waals surface area contributed by atoms with Crippen LogP contribution in [0.25, 0.3) is 0 Å². The molecular formula is C11H12BrNO. The van der Waals surface area contributed by atoms with Crippen molar-refractivity contribution in [3.05, 3.63) is 34.3 Å². The fourth-order valence-electron chi connectivity index (χ4n) is 1.72. The molecule has 1 aromatic carbocycles. The van der Waals surface area contributed by atoms with Crippen LogP contribution in [0.1, 0.15) is 23.2 Å². The van der Waals surface area contributed by atoms with Crippen molar-refractivity contribution in [2.24, 2.45) is 0 Å². The summed E-state index contributed by atoms with van der Waals surface area (Å²) in [5, 5.41) is 3.21. The fourth-order valence-corrected chi connectivity index (χ4v) is 1.99. The Hall–Kier alpha value is -0.670. The molecule has 0 aromatic heterocycles. The molecule has 1 saturated heterocycles. The summed E-state index contributed by atoms with van der Waals surface area (Å²) in [6.45, 7) is 0.965. The average Bonchev–Trinajstić information content (AvgIpc) is 2.71. The lowest BCUT2D eigenvalue weighted by atomic mass is 10.0. The van der Waals surface area contributed by atoms with Gasteiger partial charge in [0, 0.05) is 10.0 Å². The van der Waals surface area contributed by atoms with Crippen LogP contribution in [0.15, 0.2) is 28.7 Å². The highest BCUT2D eigenvalue weighted by molar-refractivity contribution is 9.10. The second-order valence-electron chi connectivity index (χ2n) is 3.52. The van der Waals surface area contributed by atoms with Crippen LogP contribution in [0.4, 0.5) is 0 Å². The Morgan fingerprint density at radius 2 is 2.07 bits per heavy atom. The van der Waals surface area contributed by atoms with Crippen molar-refractivity contribution < 1.29 is 4.79 Å². The van der Waals surface area contributed by atoms with Gasteiger partial charge in [0.25, 0.3) is 0 Å². The molecule has 0 saturated carbocycles. The first kappa shape index (κ1) is 9.87. The first-order chi connectivity index (χ1) is 6.77. The third-order valence-corrected chi connectivity index (χ3v) is 3.03. The van der Waals surface area contributed by atoms with Crippen molar-refractivity contribution in [1.29, 1.82) is 0 Å². The Balaban J connectivity index is 2.14. The maximum Gasteiger partial charge on any atom is 0.179 e. The van der Waals surface area contributed by atoms with Crippen LogP contribution in [0, 0.1) is 0 Å². The van der Waals surface area contributed by atoms with Crippen molar-refractivity contribution in [3.63, 3.8) is 0 Å². The molecule has 0 radical (unpaired) electrons. The van der Waals surface area contributed by atoms with Crippen LogP contribution in [0.5, 0.6) is 0 Å². The molecule has 1 aliphatic rings. The van der Waals surface area contributed by atoms with E-state index in [9.17, 15) is 4.79 Å². The van der Waals surface area contributed by atoms with E-state index in [0.717, 1.165) is 29.4 Å². The van der Waals surface area contributed by atoms with Crippen LogP contribution in [-0.4, -0.2) is 18.4 Å². The van der Waals surface area contributed by atoms with Crippen molar-refractivity contribution in [3.8, 4) is 0 Å². The van der Waals surface area contributed by atoms with E-state index in [1.54, 1.807) is 0 Å². The molecule has 1 heterocycles. The van der Waals surface area contributed by atoms with Crippen LogP contribution in [0.3, 0.4) is 0 Å².